The normalized spacial score (nSPS) is 11.1. The molecule has 6 nitrogen and oxygen atoms in total. The first-order chi connectivity index (χ1) is 9.85. The van der Waals surface area contributed by atoms with E-state index in [-0.39, 0.29) is 17.2 Å². The van der Waals surface area contributed by atoms with Crippen LogP contribution in [0, 0.1) is 17.0 Å². The van der Waals surface area contributed by atoms with Crippen molar-refractivity contribution in [1.82, 2.24) is 0 Å². The Hall–Kier alpha value is -2.41. The van der Waals surface area contributed by atoms with Crippen molar-refractivity contribution < 1.29 is 17.5 Å². The molecule has 0 aliphatic rings. The Balaban J connectivity index is 2.10. The molecule has 0 spiro atoms. The van der Waals surface area contributed by atoms with Crippen LogP contribution in [0.4, 0.5) is 5.69 Å². The number of nitro benzene ring substituents is 1. The standard InChI is InChI=1S/C14H13NO5S/c1-11-2-8-14(9-3-11)20-21(18,19)10-12-4-6-13(7-5-12)15(16)17/h2-9H,10H2,1H3. The lowest BCUT2D eigenvalue weighted by atomic mass is 10.2. The molecule has 0 aliphatic heterocycles. The van der Waals surface area contributed by atoms with Gasteiger partial charge >= 0.3 is 10.1 Å². The molecule has 2 rings (SSSR count). The fraction of sp³-hybridized carbons (Fsp3) is 0.143. The first kappa shape index (κ1) is 15.0. The molecule has 0 saturated carbocycles. The third-order valence-electron chi connectivity index (χ3n) is 2.73. The third-order valence-corrected chi connectivity index (χ3v) is 3.87. The number of rotatable bonds is 5. The van der Waals surface area contributed by atoms with Gasteiger partial charge in [0.15, 0.2) is 0 Å². The van der Waals surface area contributed by atoms with E-state index in [0.717, 1.165) is 5.56 Å². The molecule has 0 amide bonds. The van der Waals surface area contributed by atoms with E-state index in [9.17, 15) is 18.5 Å². The Morgan fingerprint density at radius 1 is 1.05 bits per heavy atom. The largest absolute Gasteiger partial charge is 0.382 e. The highest BCUT2D eigenvalue weighted by molar-refractivity contribution is 7.86. The van der Waals surface area contributed by atoms with Gasteiger partial charge in [-0.25, -0.2) is 0 Å². The molecule has 110 valence electrons. The summed E-state index contributed by atoms with van der Waals surface area (Å²) < 4.78 is 28.8. The molecule has 0 heterocycles. The van der Waals surface area contributed by atoms with E-state index in [2.05, 4.69) is 0 Å². The molecule has 0 saturated heterocycles. The van der Waals surface area contributed by atoms with Gasteiger partial charge in [-0.05, 0) is 24.6 Å². The van der Waals surface area contributed by atoms with E-state index < -0.39 is 15.0 Å². The molecule has 21 heavy (non-hydrogen) atoms. The minimum Gasteiger partial charge on any atom is -0.382 e. The van der Waals surface area contributed by atoms with Gasteiger partial charge in [-0.15, -0.1) is 0 Å². The molecular formula is C14H13NO5S. The van der Waals surface area contributed by atoms with Crippen molar-refractivity contribution in [2.75, 3.05) is 0 Å². The number of non-ortho nitro benzene ring substituents is 1. The van der Waals surface area contributed by atoms with Crippen LogP contribution in [0.25, 0.3) is 0 Å². The zero-order chi connectivity index (χ0) is 15.5. The minimum atomic E-state index is -3.80. The Morgan fingerprint density at radius 2 is 1.62 bits per heavy atom. The molecule has 0 aliphatic carbocycles. The molecule has 0 fully saturated rings. The van der Waals surface area contributed by atoms with Crippen LogP contribution >= 0.6 is 0 Å². The summed E-state index contributed by atoms with van der Waals surface area (Å²) in [5, 5.41) is 10.5. The number of aryl methyl sites for hydroxylation is 1. The summed E-state index contributed by atoms with van der Waals surface area (Å²) in [7, 11) is -3.80. The number of hydrogen-bond acceptors (Lipinski definition) is 5. The summed E-state index contributed by atoms with van der Waals surface area (Å²) in [4.78, 5) is 9.99. The van der Waals surface area contributed by atoms with Crippen LogP contribution in [-0.2, 0) is 15.9 Å². The van der Waals surface area contributed by atoms with Crippen LogP contribution < -0.4 is 4.18 Å². The highest BCUT2D eigenvalue weighted by atomic mass is 32.2. The van der Waals surface area contributed by atoms with Crippen molar-refractivity contribution in [3.63, 3.8) is 0 Å². The van der Waals surface area contributed by atoms with Crippen LogP contribution in [0.3, 0.4) is 0 Å². The summed E-state index contributed by atoms with van der Waals surface area (Å²) in [5.41, 5.74) is 1.33. The van der Waals surface area contributed by atoms with Gasteiger partial charge in [0.1, 0.15) is 11.5 Å². The lowest BCUT2D eigenvalue weighted by molar-refractivity contribution is -0.384. The molecule has 0 N–H and O–H groups in total. The van der Waals surface area contributed by atoms with Gasteiger partial charge in [0, 0.05) is 12.1 Å². The molecular weight excluding hydrogens is 294 g/mol. The molecule has 0 bridgehead atoms. The Bertz CT molecular complexity index is 736. The topological polar surface area (TPSA) is 86.5 Å². The Morgan fingerprint density at radius 3 is 2.14 bits per heavy atom. The second-order valence-electron chi connectivity index (χ2n) is 4.52. The van der Waals surface area contributed by atoms with Crippen LogP contribution in [0.5, 0.6) is 5.75 Å². The molecule has 0 unspecified atom stereocenters. The number of hydrogen-bond donors (Lipinski definition) is 0. The van der Waals surface area contributed by atoms with E-state index in [1.807, 2.05) is 6.92 Å². The highest BCUT2D eigenvalue weighted by Crippen LogP contribution is 2.18. The summed E-state index contributed by atoms with van der Waals surface area (Å²) in [5.74, 6) is -0.110. The minimum absolute atomic E-state index is 0.0874. The van der Waals surface area contributed by atoms with Crippen molar-refractivity contribution in [2.45, 2.75) is 12.7 Å². The van der Waals surface area contributed by atoms with Crippen LogP contribution in [0.15, 0.2) is 48.5 Å². The quantitative estimate of drug-likeness (QED) is 0.481. The molecule has 0 aromatic heterocycles. The highest BCUT2D eigenvalue weighted by Gasteiger charge is 2.15. The second-order valence-corrected chi connectivity index (χ2v) is 6.09. The predicted octanol–water partition coefficient (Wildman–Crippen LogP) is 2.81. The Labute approximate surface area is 122 Å². The summed E-state index contributed by atoms with van der Waals surface area (Å²) >= 11 is 0. The van der Waals surface area contributed by atoms with E-state index in [1.54, 1.807) is 24.3 Å². The fourth-order valence-electron chi connectivity index (χ4n) is 1.69. The summed E-state index contributed by atoms with van der Waals surface area (Å²) in [6.07, 6.45) is 0. The molecule has 2 aromatic carbocycles. The smallest absolute Gasteiger partial charge is 0.313 e. The molecule has 0 atom stereocenters. The van der Waals surface area contributed by atoms with Gasteiger partial charge in [-0.1, -0.05) is 29.8 Å². The van der Waals surface area contributed by atoms with Crippen molar-refractivity contribution in [3.8, 4) is 5.75 Å². The number of nitro groups is 1. The lowest BCUT2D eigenvalue weighted by Crippen LogP contribution is -2.12. The SMILES string of the molecule is Cc1ccc(OS(=O)(=O)Cc2ccc([N+](=O)[O-])cc2)cc1. The van der Waals surface area contributed by atoms with E-state index in [4.69, 9.17) is 4.18 Å². The average molecular weight is 307 g/mol. The molecule has 7 heteroatoms. The maximum Gasteiger partial charge on any atom is 0.313 e. The van der Waals surface area contributed by atoms with Crippen molar-refractivity contribution in [1.29, 1.82) is 0 Å². The van der Waals surface area contributed by atoms with E-state index >= 15 is 0 Å². The third kappa shape index (κ3) is 4.28. The lowest BCUT2D eigenvalue weighted by Gasteiger charge is -2.07. The molecule has 0 radical (unpaired) electrons. The van der Waals surface area contributed by atoms with Crippen LogP contribution in [0.2, 0.25) is 0 Å². The van der Waals surface area contributed by atoms with E-state index in [0.29, 0.717) is 5.56 Å². The molecule has 2 aromatic rings. The van der Waals surface area contributed by atoms with Gasteiger partial charge < -0.3 is 4.18 Å². The van der Waals surface area contributed by atoms with Crippen LogP contribution in [0.1, 0.15) is 11.1 Å². The van der Waals surface area contributed by atoms with Gasteiger partial charge in [0.25, 0.3) is 5.69 Å². The van der Waals surface area contributed by atoms with E-state index in [1.165, 1.54) is 24.3 Å². The summed E-state index contributed by atoms with van der Waals surface area (Å²) in [6.45, 7) is 1.88. The average Bonchev–Trinajstić information content (AvgIpc) is 2.41. The van der Waals surface area contributed by atoms with Crippen LogP contribution in [-0.4, -0.2) is 13.3 Å². The number of benzene rings is 2. The Kier molecular flexibility index (Phi) is 4.23. The predicted molar refractivity (Wildman–Crippen MR) is 77.5 cm³/mol. The summed E-state index contributed by atoms with van der Waals surface area (Å²) in [6, 6.07) is 12.0. The maximum atomic E-state index is 11.9. The van der Waals surface area contributed by atoms with Crippen molar-refractivity contribution in [3.05, 3.63) is 69.8 Å². The second kappa shape index (κ2) is 5.92. The zero-order valence-corrected chi connectivity index (χ0v) is 12.0. The van der Waals surface area contributed by atoms with Crippen molar-refractivity contribution >= 4 is 15.8 Å². The first-order valence-corrected chi connectivity index (χ1v) is 7.66. The monoisotopic (exact) mass is 307 g/mol. The zero-order valence-electron chi connectivity index (χ0n) is 11.2. The van der Waals surface area contributed by atoms with Gasteiger partial charge in [-0.3, -0.25) is 10.1 Å². The van der Waals surface area contributed by atoms with Gasteiger partial charge in [0.05, 0.1) is 4.92 Å². The fourth-order valence-corrected chi connectivity index (χ4v) is 2.75. The maximum absolute atomic E-state index is 11.9. The van der Waals surface area contributed by atoms with Gasteiger partial charge in [0.2, 0.25) is 0 Å². The first-order valence-electron chi connectivity index (χ1n) is 6.08. The number of nitrogens with zero attached hydrogens (tertiary/aromatic N) is 1. The van der Waals surface area contributed by atoms with Gasteiger partial charge in [-0.2, -0.15) is 8.42 Å². The van der Waals surface area contributed by atoms with Crippen molar-refractivity contribution in [2.24, 2.45) is 0 Å².